The Bertz CT molecular complexity index is 695. The van der Waals surface area contributed by atoms with Gasteiger partial charge in [0.15, 0.2) is 5.69 Å². The van der Waals surface area contributed by atoms with Crippen molar-refractivity contribution in [2.24, 2.45) is 0 Å². The number of halogens is 1. The van der Waals surface area contributed by atoms with Gasteiger partial charge in [0.05, 0.1) is 5.69 Å². The lowest BCUT2D eigenvalue weighted by Crippen LogP contribution is -2.36. The first-order valence-corrected chi connectivity index (χ1v) is 6.75. The minimum atomic E-state index is -1.08. The summed E-state index contributed by atoms with van der Waals surface area (Å²) in [5.74, 6) is -1.88. The summed E-state index contributed by atoms with van der Waals surface area (Å²) < 4.78 is 14.4. The maximum absolute atomic E-state index is 12.9. The van der Waals surface area contributed by atoms with Crippen molar-refractivity contribution in [3.8, 4) is 5.69 Å². The molecule has 0 atom stereocenters. The van der Waals surface area contributed by atoms with E-state index >= 15 is 0 Å². The molecular formula is C15H16FN3O3. The van der Waals surface area contributed by atoms with Crippen LogP contribution < -0.4 is 0 Å². The van der Waals surface area contributed by atoms with Crippen LogP contribution >= 0.6 is 0 Å². The Labute approximate surface area is 126 Å². The lowest BCUT2D eigenvalue weighted by atomic mass is 10.2. The number of aliphatic carboxylic acids is 1. The molecule has 7 heteroatoms. The van der Waals surface area contributed by atoms with Crippen LogP contribution in [0.4, 0.5) is 4.39 Å². The van der Waals surface area contributed by atoms with Crippen LogP contribution in [0, 0.1) is 12.7 Å². The van der Waals surface area contributed by atoms with Crippen LogP contribution in [0.2, 0.25) is 0 Å². The first-order chi connectivity index (χ1) is 10.4. The number of hydrogen-bond donors (Lipinski definition) is 1. The summed E-state index contributed by atoms with van der Waals surface area (Å²) in [5.41, 5.74) is 1.43. The highest BCUT2D eigenvalue weighted by Gasteiger charge is 2.22. The number of hydrogen-bond acceptors (Lipinski definition) is 3. The van der Waals surface area contributed by atoms with E-state index in [1.807, 2.05) is 0 Å². The Morgan fingerprint density at radius 3 is 2.50 bits per heavy atom. The maximum Gasteiger partial charge on any atom is 0.323 e. The molecule has 2 rings (SSSR count). The van der Waals surface area contributed by atoms with Gasteiger partial charge in [-0.3, -0.25) is 9.59 Å². The first-order valence-electron chi connectivity index (χ1n) is 6.75. The second-order valence-corrected chi connectivity index (χ2v) is 4.79. The second-order valence-electron chi connectivity index (χ2n) is 4.79. The van der Waals surface area contributed by atoms with E-state index in [-0.39, 0.29) is 24.6 Å². The lowest BCUT2D eigenvalue weighted by Gasteiger charge is -2.17. The summed E-state index contributed by atoms with van der Waals surface area (Å²) in [4.78, 5) is 24.4. The summed E-state index contributed by atoms with van der Waals surface area (Å²) in [6.07, 6.45) is 1.65. The fraction of sp³-hybridized carbons (Fsp3) is 0.267. The number of aryl methyl sites for hydroxylation is 1. The van der Waals surface area contributed by atoms with E-state index in [2.05, 4.69) is 5.10 Å². The predicted molar refractivity (Wildman–Crippen MR) is 77.5 cm³/mol. The van der Waals surface area contributed by atoms with Gasteiger partial charge >= 0.3 is 5.97 Å². The van der Waals surface area contributed by atoms with E-state index in [0.29, 0.717) is 11.3 Å². The van der Waals surface area contributed by atoms with E-state index in [0.717, 1.165) is 0 Å². The molecule has 1 N–H and O–H groups in total. The van der Waals surface area contributed by atoms with Crippen LogP contribution in [-0.4, -0.2) is 44.8 Å². The molecule has 6 nitrogen and oxygen atoms in total. The molecule has 1 amide bonds. The Hall–Kier alpha value is -2.70. The largest absolute Gasteiger partial charge is 0.480 e. The molecule has 0 saturated carbocycles. The van der Waals surface area contributed by atoms with Gasteiger partial charge in [0.1, 0.15) is 12.4 Å². The van der Waals surface area contributed by atoms with Crippen molar-refractivity contribution in [2.75, 3.05) is 13.1 Å². The molecule has 2 aromatic rings. The van der Waals surface area contributed by atoms with Crippen LogP contribution in [0.1, 0.15) is 23.0 Å². The van der Waals surface area contributed by atoms with E-state index in [9.17, 15) is 14.0 Å². The third-order valence-electron chi connectivity index (χ3n) is 3.19. The molecule has 1 heterocycles. The van der Waals surface area contributed by atoms with Crippen LogP contribution in [0.5, 0.6) is 0 Å². The number of rotatable bonds is 5. The fourth-order valence-corrected chi connectivity index (χ4v) is 2.04. The molecule has 0 unspecified atom stereocenters. The Morgan fingerprint density at radius 1 is 1.32 bits per heavy atom. The zero-order valence-electron chi connectivity index (χ0n) is 12.3. The van der Waals surface area contributed by atoms with Gasteiger partial charge in [-0.05, 0) is 38.1 Å². The zero-order valence-corrected chi connectivity index (χ0v) is 12.3. The van der Waals surface area contributed by atoms with Crippen LogP contribution in [0.15, 0.2) is 30.5 Å². The highest BCUT2D eigenvalue weighted by Crippen LogP contribution is 2.14. The average Bonchev–Trinajstić information content (AvgIpc) is 2.86. The van der Waals surface area contributed by atoms with Crippen molar-refractivity contribution in [3.05, 3.63) is 47.5 Å². The van der Waals surface area contributed by atoms with Crippen molar-refractivity contribution in [1.29, 1.82) is 0 Å². The Balaban J connectivity index is 2.31. The number of carboxylic acids is 1. The Kier molecular flexibility index (Phi) is 4.55. The predicted octanol–water partition coefficient (Wildman–Crippen LogP) is 1.87. The number of carbonyl (C=O) groups excluding carboxylic acids is 1. The standard InChI is InChI=1S/C15H16FN3O3/c1-3-18(9-13(20)21)15(22)14-10(2)8-19(17-14)12-6-4-11(16)5-7-12/h4-8H,3,9H2,1-2H3,(H,20,21). The van der Waals surface area contributed by atoms with Gasteiger partial charge in [-0.25, -0.2) is 9.07 Å². The van der Waals surface area contributed by atoms with Crippen LogP contribution in [-0.2, 0) is 4.79 Å². The van der Waals surface area contributed by atoms with Gasteiger partial charge in [0, 0.05) is 18.3 Å². The minimum absolute atomic E-state index is 0.187. The molecule has 0 spiro atoms. The molecule has 116 valence electrons. The SMILES string of the molecule is CCN(CC(=O)O)C(=O)c1nn(-c2ccc(F)cc2)cc1C. The van der Waals surface area contributed by atoms with Crippen molar-refractivity contribution in [1.82, 2.24) is 14.7 Å². The van der Waals surface area contributed by atoms with Gasteiger partial charge in [-0.15, -0.1) is 0 Å². The highest BCUT2D eigenvalue weighted by atomic mass is 19.1. The van der Waals surface area contributed by atoms with E-state index in [4.69, 9.17) is 5.11 Å². The highest BCUT2D eigenvalue weighted by molar-refractivity contribution is 5.95. The molecule has 0 saturated heterocycles. The third kappa shape index (κ3) is 3.30. The molecule has 0 fully saturated rings. The number of likely N-dealkylation sites (N-methyl/N-ethyl adjacent to an activating group) is 1. The summed E-state index contributed by atoms with van der Waals surface area (Å²) >= 11 is 0. The molecular weight excluding hydrogens is 289 g/mol. The smallest absolute Gasteiger partial charge is 0.323 e. The number of aromatic nitrogens is 2. The van der Waals surface area contributed by atoms with Crippen molar-refractivity contribution in [2.45, 2.75) is 13.8 Å². The van der Waals surface area contributed by atoms with Gasteiger partial charge in [0.2, 0.25) is 0 Å². The molecule has 0 radical (unpaired) electrons. The van der Waals surface area contributed by atoms with Gasteiger partial charge < -0.3 is 10.0 Å². The zero-order chi connectivity index (χ0) is 16.3. The normalized spacial score (nSPS) is 10.5. The summed E-state index contributed by atoms with van der Waals surface area (Å²) in [5, 5.41) is 13.0. The summed E-state index contributed by atoms with van der Waals surface area (Å²) in [6.45, 7) is 3.31. The average molecular weight is 305 g/mol. The molecule has 22 heavy (non-hydrogen) atoms. The number of carbonyl (C=O) groups is 2. The molecule has 1 aromatic heterocycles. The third-order valence-corrected chi connectivity index (χ3v) is 3.19. The monoisotopic (exact) mass is 305 g/mol. The van der Waals surface area contributed by atoms with Crippen LogP contribution in [0.3, 0.4) is 0 Å². The first kappa shape index (κ1) is 15.7. The second kappa shape index (κ2) is 6.38. The lowest BCUT2D eigenvalue weighted by molar-refractivity contribution is -0.137. The molecule has 0 aliphatic rings. The number of carboxylic acid groups (broad SMARTS) is 1. The topological polar surface area (TPSA) is 75.4 Å². The van der Waals surface area contributed by atoms with Crippen LogP contribution in [0.25, 0.3) is 5.69 Å². The summed E-state index contributed by atoms with van der Waals surface area (Å²) in [6, 6.07) is 5.70. The molecule has 0 aliphatic heterocycles. The number of nitrogens with zero attached hydrogens (tertiary/aromatic N) is 3. The van der Waals surface area contributed by atoms with Crippen molar-refractivity contribution < 1.29 is 19.1 Å². The maximum atomic E-state index is 12.9. The number of benzene rings is 1. The minimum Gasteiger partial charge on any atom is -0.480 e. The van der Waals surface area contributed by atoms with Gasteiger partial charge in [0.25, 0.3) is 5.91 Å². The molecule has 1 aromatic carbocycles. The van der Waals surface area contributed by atoms with E-state index in [1.165, 1.54) is 21.7 Å². The van der Waals surface area contributed by atoms with Gasteiger partial charge in [-0.1, -0.05) is 0 Å². The quantitative estimate of drug-likeness (QED) is 0.915. The molecule has 0 aliphatic carbocycles. The fourth-order valence-electron chi connectivity index (χ4n) is 2.04. The van der Waals surface area contributed by atoms with E-state index < -0.39 is 11.9 Å². The Morgan fingerprint density at radius 2 is 1.95 bits per heavy atom. The summed E-state index contributed by atoms with van der Waals surface area (Å²) in [7, 11) is 0. The van der Waals surface area contributed by atoms with E-state index in [1.54, 1.807) is 32.2 Å². The van der Waals surface area contributed by atoms with Gasteiger partial charge in [-0.2, -0.15) is 5.10 Å². The van der Waals surface area contributed by atoms with Crippen molar-refractivity contribution >= 4 is 11.9 Å². The van der Waals surface area contributed by atoms with Crippen molar-refractivity contribution in [3.63, 3.8) is 0 Å². The molecule has 0 bridgehead atoms. The number of amides is 1.